The van der Waals surface area contributed by atoms with E-state index in [1.54, 1.807) is 4.90 Å². The minimum Gasteiger partial charge on any atom is -0.444 e. The Kier molecular flexibility index (Phi) is 5.85. The van der Waals surface area contributed by atoms with Crippen molar-refractivity contribution < 1.29 is 14.3 Å². The van der Waals surface area contributed by atoms with Crippen LogP contribution < -0.4 is 5.32 Å². The van der Waals surface area contributed by atoms with Gasteiger partial charge in [-0.3, -0.25) is 9.69 Å². The second-order valence-corrected chi connectivity index (χ2v) is 7.43. The van der Waals surface area contributed by atoms with Gasteiger partial charge in [-0.25, -0.2) is 4.79 Å². The molecule has 1 heterocycles. The highest BCUT2D eigenvalue weighted by molar-refractivity contribution is 6.00. The first-order chi connectivity index (χ1) is 11.7. The zero-order valence-corrected chi connectivity index (χ0v) is 15.6. The van der Waals surface area contributed by atoms with Gasteiger partial charge in [0, 0.05) is 30.4 Å². The predicted octanol–water partition coefficient (Wildman–Crippen LogP) is 2.99. The summed E-state index contributed by atoms with van der Waals surface area (Å²) in [7, 11) is 3.88. The molecule has 1 aromatic carbocycles. The lowest BCUT2D eigenvalue weighted by Gasteiger charge is -2.24. The van der Waals surface area contributed by atoms with E-state index in [1.807, 2.05) is 64.0 Å². The molecule has 25 heavy (non-hydrogen) atoms. The molecule has 1 N–H and O–H groups in total. The summed E-state index contributed by atoms with van der Waals surface area (Å²) in [5.41, 5.74) is 2.20. The summed E-state index contributed by atoms with van der Waals surface area (Å²) in [5.74, 6) is -0.175. The van der Waals surface area contributed by atoms with Crippen LogP contribution in [0.15, 0.2) is 30.4 Å². The van der Waals surface area contributed by atoms with Gasteiger partial charge in [-0.05, 0) is 46.5 Å². The monoisotopic (exact) mass is 345 g/mol. The Morgan fingerprint density at radius 1 is 1.28 bits per heavy atom. The number of ether oxygens (including phenoxy) is 1. The summed E-state index contributed by atoms with van der Waals surface area (Å²) < 4.78 is 5.43. The first-order valence-corrected chi connectivity index (χ1v) is 8.36. The molecule has 0 saturated heterocycles. The van der Waals surface area contributed by atoms with Gasteiger partial charge < -0.3 is 15.0 Å². The van der Waals surface area contributed by atoms with E-state index < -0.39 is 5.60 Å². The number of fused-ring (bicyclic) bond motifs is 1. The normalized spacial score (nSPS) is 14.1. The zero-order valence-electron chi connectivity index (χ0n) is 15.6. The quantitative estimate of drug-likeness (QED) is 0.852. The molecule has 0 aromatic heterocycles. The number of benzene rings is 1. The molecule has 6 heteroatoms. The van der Waals surface area contributed by atoms with Crippen molar-refractivity contribution in [1.82, 2.24) is 9.80 Å². The van der Waals surface area contributed by atoms with Crippen LogP contribution in [0.25, 0.3) is 0 Å². The van der Waals surface area contributed by atoms with Crippen molar-refractivity contribution in [1.29, 1.82) is 0 Å². The van der Waals surface area contributed by atoms with Crippen molar-refractivity contribution in [3.63, 3.8) is 0 Å². The third-order valence-electron chi connectivity index (χ3n) is 3.63. The van der Waals surface area contributed by atoms with Crippen molar-refractivity contribution in [3.8, 4) is 0 Å². The molecule has 2 amide bonds. The van der Waals surface area contributed by atoms with Gasteiger partial charge >= 0.3 is 6.09 Å². The largest absolute Gasteiger partial charge is 0.444 e. The molecule has 0 fully saturated rings. The van der Waals surface area contributed by atoms with Crippen LogP contribution in [0.4, 0.5) is 10.5 Å². The van der Waals surface area contributed by atoms with Gasteiger partial charge in [-0.2, -0.15) is 0 Å². The Bertz CT molecular complexity index is 675. The van der Waals surface area contributed by atoms with Gasteiger partial charge in [-0.15, -0.1) is 0 Å². The number of hydrogen-bond acceptors (Lipinski definition) is 4. The van der Waals surface area contributed by atoms with E-state index in [9.17, 15) is 9.59 Å². The van der Waals surface area contributed by atoms with Crippen LogP contribution in [0.2, 0.25) is 0 Å². The molecule has 0 bridgehead atoms. The molecule has 1 aromatic rings. The maximum absolute atomic E-state index is 12.3. The van der Waals surface area contributed by atoms with E-state index in [4.69, 9.17) is 4.74 Å². The number of nitrogens with one attached hydrogen (secondary N) is 1. The molecule has 2 rings (SSSR count). The number of rotatable bonds is 4. The van der Waals surface area contributed by atoms with Crippen LogP contribution in [0, 0.1) is 0 Å². The van der Waals surface area contributed by atoms with Crippen LogP contribution in [0.1, 0.15) is 31.9 Å². The molecule has 0 saturated carbocycles. The van der Waals surface area contributed by atoms with Crippen LogP contribution in [0.5, 0.6) is 0 Å². The Morgan fingerprint density at radius 3 is 2.64 bits per heavy atom. The second kappa shape index (κ2) is 7.70. The number of hydrogen-bond donors (Lipinski definition) is 1. The smallest absolute Gasteiger partial charge is 0.410 e. The number of carbonyl (C=O) groups excluding carboxylic acids is 2. The third kappa shape index (κ3) is 5.60. The van der Waals surface area contributed by atoms with Gasteiger partial charge in [0.25, 0.3) is 0 Å². The van der Waals surface area contributed by atoms with Gasteiger partial charge in [-0.1, -0.05) is 18.2 Å². The first kappa shape index (κ1) is 19.0. The molecule has 1 aliphatic heterocycles. The molecule has 1 aliphatic rings. The highest BCUT2D eigenvalue weighted by atomic mass is 16.6. The molecule has 0 aliphatic carbocycles. The lowest BCUT2D eigenvalue weighted by Crippen LogP contribution is -2.33. The van der Waals surface area contributed by atoms with E-state index in [0.29, 0.717) is 19.6 Å². The molecular weight excluding hydrogens is 318 g/mol. The third-order valence-corrected chi connectivity index (χ3v) is 3.63. The van der Waals surface area contributed by atoms with E-state index in [0.717, 1.165) is 16.8 Å². The Hall–Kier alpha value is -2.34. The molecule has 0 spiro atoms. The molecular formula is C19H27N3O3. The lowest BCUT2D eigenvalue weighted by atomic mass is 10.1. The van der Waals surface area contributed by atoms with Crippen molar-refractivity contribution in [2.45, 2.75) is 39.5 Å². The summed E-state index contributed by atoms with van der Waals surface area (Å²) in [5, 5.41) is 2.90. The molecule has 0 atom stereocenters. The van der Waals surface area contributed by atoms with Gasteiger partial charge in [0.15, 0.2) is 0 Å². The fourth-order valence-corrected chi connectivity index (χ4v) is 2.54. The summed E-state index contributed by atoms with van der Waals surface area (Å²) in [6, 6.07) is 5.71. The maximum Gasteiger partial charge on any atom is 0.410 e. The van der Waals surface area contributed by atoms with Crippen molar-refractivity contribution in [2.75, 3.05) is 26.0 Å². The summed E-state index contributed by atoms with van der Waals surface area (Å²) >= 11 is 0. The fourth-order valence-electron chi connectivity index (χ4n) is 2.54. The van der Waals surface area contributed by atoms with Crippen LogP contribution in [0.3, 0.4) is 0 Å². The van der Waals surface area contributed by atoms with Crippen molar-refractivity contribution >= 4 is 17.7 Å². The minimum atomic E-state index is -0.528. The molecule has 136 valence electrons. The average Bonchev–Trinajstić information content (AvgIpc) is 2.90. The Balaban J connectivity index is 2.05. The number of nitrogens with zero attached hydrogens (tertiary/aromatic N) is 2. The van der Waals surface area contributed by atoms with E-state index in [1.165, 1.54) is 6.08 Å². The number of anilines is 1. The SMILES string of the molecule is CN(C)C/C=C/C(=O)Nc1cccc2c1CN(C(=O)OC(C)(C)C)C2. The van der Waals surface area contributed by atoms with E-state index >= 15 is 0 Å². The minimum absolute atomic E-state index is 0.175. The molecule has 0 radical (unpaired) electrons. The molecule has 0 unspecified atom stereocenters. The Morgan fingerprint density at radius 2 is 2.00 bits per heavy atom. The highest BCUT2D eigenvalue weighted by Gasteiger charge is 2.29. The van der Waals surface area contributed by atoms with Gasteiger partial charge in [0.2, 0.25) is 5.91 Å². The average molecular weight is 345 g/mol. The second-order valence-electron chi connectivity index (χ2n) is 7.43. The van der Waals surface area contributed by atoms with Crippen LogP contribution >= 0.6 is 0 Å². The molecule has 6 nitrogen and oxygen atoms in total. The predicted molar refractivity (Wildman–Crippen MR) is 98.2 cm³/mol. The topological polar surface area (TPSA) is 61.9 Å². The maximum atomic E-state index is 12.3. The summed E-state index contributed by atoms with van der Waals surface area (Å²) in [4.78, 5) is 28.0. The number of amides is 2. The first-order valence-electron chi connectivity index (χ1n) is 8.36. The number of likely N-dealkylation sites (N-methyl/N-ethyl adjacent to an activating group) is 1. The van der Waals surface area contributed by atoms with Crippen LogP contribution in [-0.2, 0) is 22.6 Å². The highest BCUT2D eigenvalue weighted by Crippen LogP contribution is 2.30. The fraction of sp³-hybridized carbons (Fsp3) is 0.474. The standard InChI is InChI=1S/C19H27N3O3/c1-19(2,3)25-18(24)22-12-14-8-6-9-16(15(14)13-22)20-17(23)10-7-11-21(4)5/h6-10H,11-13H2,1-5H3,(H,20,23)/b10-7+. The lowest BCUT2D eigenvalue weighted by molar-refractivity contribution is -0.111. The van der Waals surface area contributed by atoms with Gasteiger partial charge in [0.1, 0.15) is 5.60 Å². The Labute approximate surface area is 149 Å². The number of carbonyl (C=O) groups is 2. The van der Waals surface area contributed by atoms with Crippen LogP contribution in [-0.4, -0.2) is 48.0 Å². The zero-order chi connectivity index (χ0) is 18.6. The van der Waals surface area contributed by atoms with Crippen molar-refractivity contribution in [3.05, 3.63) is 41.5 Å². The summed E-state index contributed by atoms with van der Waals surface area (Å²) in [6.45, 7) is 7.17. The van der Waals surface area contributed by atoms with Crippen molar-refractivity contribution in [2.24, 2.45) is 0 Å². The summed E-state index contributed by atoms with van der Waals surface area (Å²) in [6.07, 6.45) is 3.00. The van der Waals surface area contributed by atoms with Gasteiger partial charge in [0.05, 0.1) is 6.54 Å². The van der Waals surface area contributed by atoms with E-state index in [2.05, 4.69) is 5.32 Å². The van der Waals surface area contributed by atoms with E-state index in [-0.39, 0.29) is 12.0 Å².